The Bertz CT molecular complexity index is 234. The summed E-state index contributed by atoms with van der Waals surface area (Å²) < 4.78 is -0.105. The molecule has 0 aromatic carbocycles. The van der Waals surface area contributed by atoms with Crippen molar-refractivity contribution >= 4 is 11.8 Å². The van der Waals surface area contributed by atoms with Crippen LogP contribution in [0.15, 0.2) is 12.2 Å². The van der Waals surface area contributed by atoms with Gasteiger partial charge in [0.1, 0.15) is 4.75 Å². The summed E-state index contributed by atoms with van der Waals surface area (Å²) in [5, 5.41) is 9.10. The second-order valence-corrected chi connectivity index (χ2v) is 4.87. The van der Waals surface area contributed by atoms with E-state index in [-0.39, 0.29) is 4.75 Å². The molecule has 0 aromatic heterocycles. The molecule has 0 N–H and O–H groups in total. The zero-order chi connectivity index (χ0) is 10.4. The van der Waals surface area contributed by atoms with E-state index >= 15 is 0 Å². The fourth-order valence-electron chi connectivity index (χ4n) is 1.71. The fourth-order valence-corrected chi connectivity index (χ4v) is 2.39. The van der Waals surface area contributed by atoms with Crippen LogP contribution in [0.1, 0.15) is 19.8 Å². The Morgan fingerprint density at radius 1 is 1.50 bits per heavy atom. The van der Waals surface area contributed by atoms with E-state index in [1.807, 2.05) is 13.2 Å². The molecule has 1 fully saturated rings. The summed E-state index contributed by atoms with van der Waals surface area (Å²) in [6.45, 7) is 5.19. The van der Waals surface area contributed by atoms with Crippen LogP contribution in [-0.4, -0.2) is 35.5 Å². The van der Waals surface area contributed by atoms with E-state index < -0.39 is 0 Å². The van der Waals surface area contributed by atoms with Crippen LogP contribution in [0, 0.1) is 11.3 Å². The lowest BCUT2D eigenvalue weighted by Gasteiger charge is -2.35. The molecule has 0 spiro atoms. The van der Waals surface area contributed by atoms with E-state index in [2.05, 4.69) is 23.1 Å². The van der Waals surface area contributed by atoms with Crippen molar-refractivity contribution in [2.45, 2.75) is 24.5 Å². The van der Waals surface area contributed by atoms with E-state index in [1.165, 1.54) is 0 Å². The molecule has 0 bridgehead atoms. The Morgan fingerprint density at radius 2 is 2.14 bits per heavy atom. The summed E-state index contributed by atoms with van der Waals surface area (Å²) in [6.07, 6.45) is 8.31. The first-order chi connectivity index (χ1) is 6.76. The molecule has 0 atom stereocenters. The Balaban J connectivity index is 2.41. The molecular formula is C11H18N2S. The van der Waals surface area contributed by atoms with Gasteiger partial charge in [0.2, 0.25) is 0 Å². The largest absolute Gasteiger partial charge is 0.300 e. The van der Waals surface area contributed by atoms with Crippen LogP contribution < -0.4 is 0 Å². The van der Waals surface area contributed by atoms with Crippen molar-refractivity contribution < 1.29 is 0 Å². The first-order valence-corrected chi connectivity index (χ1v) is 6.29. The highest BCUT2D eigenvalue weighted by atomic mass is 32.2. The standard InChI is InChI=1S/C11H18N2S/c1-3-4-7-13-8-5-11(10-12,14-2)6-9-13/h3-4H,5-9H2,1-2H3. The van der Waals surface area contributed by atoms with E-state index in [0.29, 0.717) is 0 Å². The predicted octanol–water partition coefficient (Wildman–Crippen LogP) is 2.28. The number of nitriles is 1. The maximum absolute atomic E-state index is 9.10. The predicted molar refractivity (Wildman–Crippen MR) is 62.3 cm³/mol. The molecule has 3 heteroatoms. The highest BCUT2D eigenvalue weighted by molar-refractivity contribution is 8.00. The number of nitrogens with zero attached hydrogens (tertiary/aromatic N) is 2. The van der Waals surface area contributed by atoms with E-state index in [1.54, 1.807) is 11.8 Å². The highest BCUT2D eigenvalue weighted by Crippen LogP contribution is 2.33. The van der Waals surface area contributed by atoms with Crippen LogP contribution in [0.5, 0.6) is 0 Å². The number of hydrogen-bond acceptors (Lipinski definition) is 3. The number of hydrogen-bond donors (Lipinski definition) is 0. The minimum absolute atomic E-state index is 0.105. The second kappa shape index (κ2) is 5.43. The summed E-state index contributed by atoms with van der Waals surface area (Å²) in [7, 11) is 0. The molecule has 1 aliphatic rings. The van der Waals surface area contributed by atoms with Crippen molar-refractivity contribution in [2.75, 3.05) is 25.9 Å². The van der Waals surface area contributed by atoms with Crippen molar-refractivity contribution in [3.63, 3.8) is 0 Å². The van der Waals surface area contributed by atoms with Crippen LogP contribution in [0.2, 0.25) is 0 Å². The topological polar surface area (TPSA) is 27.0 Å². The van der Waals surface area contributed by atoms with Gasteiger partial charge < -0.3 is 0 Å². The van der Waals surface area contributed by atoms with Gasteiger partial charge in [-0.1, -0.05) is 12.2 Å². The molecule has 1 rings (SSSR count). The first kappa shape index (κ1) is 11.6. The molecule has 2 nitrogen and oxygen atoms in total. The molecule has 0 amide bonds. The Morgan fingerprint density at radius 3 is 2.57 bits per heavy atom. The van der Waals surface area contributed by atoms with Crippen molar-refractivity contribution in [2.24, 2.45) is 0 Å². The van der Waals surface area contributed by atoms with E-state index in [4.69, 9.17) is 5.26 Å². The van der Waals surface area contributed by atoms with Gasteiger partial charge in [-0.05, 0) is 26.0 Å². The average Bonchev–Trinajstić information content (AvgIpc) is 2.27. The van der Waals surface area contributed by atoms with E-state index in [0.717, 1.165) is 32.5 Å². The number of allylic oxidation sites excluding steroid dienone is 1. The maximum atomic E-state index is 9.10. The SMILES string of the molecule is CC=CCN1CCC(C#N)(SC)CC1. The van der Waals surface area contributed by atoms with Gasteiger partial charge in [-0.25, -0.2) is 0 Å². The first-order valence-electron chi connectivity index (χ1n) is 5.06. The molecule has 0 unspecified atom stereocenters. The molecule has 78 valence electrons. The summed E-state index contributed by atoms with van der Waals surface area (Å²) in [5.74, 6) is 0. The van der Waals surface area contributed by atoms with Gasteiger partial charge in [-0.15, -0.1) is 11.8 Å². The van der Waals surface area contributed by atoms with Crippen LogP contribution in [-0.2, 0) is 0 Å². The maximum Gasteiger partial charge on any atom is 0.104 e. The van der Waals surface area contributed by atoms with E-state index in [9.17, 15) is 0 Å². The fraction of sp³-hybridized carbons (Fsp3) is 0.727. The van der Waals surface area contributed by atoms with Gasteiger partial charge in [0.25, 0.3) is 0 Å². The molecule has 1 aliphatic heterocycles. The van der Waals surface area contributed by atoms with Gasteiger partial charge in [0, 0.05) is 19.6 Å². The average molecular weight is 210 g/mol. The summed E-state index contributed by atoms with van der Waals surface area (Å²) in [6, 6.07) is 2.46. The Hall–Kier alpha value is -0.460. The van der Waals surface area contributed by atoms with Crippen molar-refractivity contribution in [1.29, 1.82) is 5.26 Å². The van der Waals surface area contributed by atoms with Crippen molar-refractivity contribution in [1.82, 2.24) is 4.90 Å². The molecule has 0 saturated carbocycles. The lowest BCUT2D eigenvalue weighted by atomic mass is 9.97. The summed E-state index contributed by atoms with van der Waals surface area (Å²) in [4.78, 5) is 2.41. The number of rotatable bonds is 3. The quantitative estimate of drug-likeness (QED) is 0.669. The number of piperidine rings is 1. The Labute approximate surface area is 91.0 Å². The van der Waals surface area contributed by atoms with Crippen molar-refractivity contribution in [3.8, 4) is 6.07 Å². The third-order valence-electron chi connectivity index (χ3n) is 2.86. The molecule has 1 heterocycles. The number of thioether (sulfide) groups is 1. The zero-order valence-electron chi connectivity index (χ0n) is 8.99. The molecule has 0 radical (unpaired) electrons. The highest BCUT2D eigenvalue weighted by Gasteiger charge is 2.33. The summed E-state index contributed by atoms with van der Waals surface area (Å²) >= 11 is 1.71. The third-order valence-corrected chi connectivity index (χ3v) is 4.14. The summed E-state index contributed by atoms with van der Waals surface area (Å²) in [5.41, 5.74) is 0. The zero-order valence-corrected chi connectivity index (χ0v) is 9.81. The molecule has 0 aromatic rings. The van der Waals surface area contributed by atoms with Gasteiger partial charge in [0.15, 0.2) is 0 Å². The van der Waals surface area contributed by atoms with Crippen LogP contribution in [0.25, 0.3) is 0 Å². The molecule has 14 heavy (non-hydrogen) atoms. The monoisotopic (exact) mass is 210 g/mol. The molecular weight excluding hydrogens is 192 g/mol. The lowest BCUT2D eigenvalue weighted by molar-refractivity contribution is 0.238. The number of likely N-dealkylation sites (tertiary alicyclic amines) is 1. The molecule has 1 saturated heterocycles. The van der Waals surface area contributed by atoms with Gasteiger partial charge in [0.05, 0.1) is 6.07 Å². The van der Waals surface area contributed by atoms with Crippen LogP contribution in [0.4, 0.5) is 0 Å². The van der Waals surface area contributed by atoms with Gasteiger partial charge >= 0.3 is 0 Å². The van der Waals surface area contributed by atoms with Crippen LogP contribution >= 0.6 is 11.8 Å². The minimum Gasteiger partial charge on any atom is -0.300 e. The minimum atomic E-state index is -0.105. The normalized spacial score (nSPS) is 22.4. The lowest BCUT2D eigenvalue weighted by Crippen LogP contribution is -2.41. The van der Waals surface area contributed by atoms with Crippen molar-refractivity contribution in [3.05, 3.63) is 12.2 Å². The Kier molecular flexibility index (Phi) is 4.50. The molecule has 0 aliphatic carbocycles. The van der Waals surface area contributed by atoms with Crippen LogP contribution in [0.3, 0.4) is 0 Å². The smallest absolute Gasteiger partial charge is 0.104 e. The second-order valence-electron chi connectivity index (χ2n) is 3.68. The van der Waals surface area contributed by atoms with Gasteiger partial charge in [-0.2, -0.15) is 5.26 Å². The third kappa shape index (κ3) is 2.76. The van der Waals surface area contributed by atoms with Gasteiger partial charge in [-0.3, -0.25) is 4.90 Å².